The van der Waals surface area contributed by atoms with E-state index in [1.807, 2.05) is 12.1 Å². The van der Waals surface area contributed by atoms with Crippen LogP contribution in [0.4, 0.5) is 0 Å². The van der Waals surface area contributed by atoms with Crippen LogP contribution in [0, 0.1) is 0 Å². The first-order valence-corrected chi connectivity index (χ1v) is 10.5. The molecule has 1 aromatic carbocycles. The fourth-order valence-corrected chi connectivity index (χ4v) is 3.03. The lowest BCUT2D eigenvalue weighted by atomic mass is 10.1. The summed E-state index contributed by atoms with van der Waals surface area (Å²) in [6.45, 7) is 7.05. The summed E-state index contributed by atoms with van der Waals surface area (Å²) in [5.41, 5.74) is 2.57. The number of furan rings is 1. The highest BCUT2D eigenvalue weighted by atomic mass is 127. The van der Waals surface area contributed by atoms with Gasteiger partial charge in [0.15, 0.2) is 5.96 Å². The molecule has 0 radical (unpaired) electrons. The van der Waals surface area contributed by atoms with Crippen LogP contribution in [-0.2, 0) is 24.4 Å². The molecule has 2 rings (SSSR count). The summed E-state index contributed by atoms with van der Waals surface area (Å²) in [6, 6.07) is 12.4. The first kappa shape index (κ1) is 26.5. The Kier molecular flexibility index (Phi) is 14.2. The lowest BCUT2D eigenvalue weighted by Gasteiger charge is -2.19. The first-order valence-electron chi connectivity index (χ1n) is 10.5. The number of halogens is 1. The molecule has 0 bridgehead atoms. The number of hydrogen-bond acceptors (Lipinski definition) is 4. The molecule has 2 aromatic rings. The van der Waals surface area contributed by atoms with Gasteiger partial charge in [0.1, 0.15) is 5.76 Å². The third kappa shape index (κ3) is 10.4. The molecule has 1 aromatic heterocycles. The van der Waals surface area contributed by atoms with Crippen molar-refractivity contribution in [3.05, 3.63) is 59.5 Å². The second-order valence-electron chi connectivity index (χ2n) is 7.19. The van der Waals surface area contributed by atoms with Crippen LogP contribution in [0.5, 0.6) is 0 Å². The van der Waals surface area contributed by atoms with Crippen molar-refractivity contribution in [1.82, 2.24) is 15.5 Å². The number of rotatable bonds is 13. The van der Waals surface area contributed by atoms with Crippen LogP contribution in [0.25, 0.3) is 0 Å². The van der Waals surface area contributed by atoms with E-state index in [4.69, 9.17) is 9.15 Å². The van der Waals surface area contributed by atoms with E-state index in [0.29, 0.717) is 0 Å². The van der Waals surface area contributed by atoms with Crippen LogP contribution in [0.2, 0.25) is 0 Å². The van der Waals surface area contributed by atoms with Crippen molar-refractivity contribution in [3.8, 4) is 0 Å². The average Bonchev–Trinajstić information content (AvgIpc) is 3.23. The predicted octanol–water partition coefficient (Wildman–Crippen LogP) is 4.40. The third-order valence-corrected chi connectivity index (χ3v) is 4.63. The molecule has 0 aliphatic carbocycles. The fraction of sp³-hybridized carbons (Fsp3) is 0.522. The monoisotopic (exact) mass is 528 g/mol. The molecule has 0 amide bonds. The Morgan fingerprint density at radius 3 is 2.50 bits per heavy atom. The largest absolute Gasteiger partial charge is 0.468 e. The van der Waals surface area contributed by atoms with Crippen molar-refractivity contribution in [1.29, 1.82) is 0 Å². The summed E-state index contributed by atoms with van der Waals surface area (Å²) in [5, 5.41) is 6.77. The molecule has 6 nitrogen and oxygen atoms in total. The molecule has 7 heteroatoms. The average molecular weight is 528 g/mol. The van der Waals surface area contributed by atoms with Gasteiger partial charge in [0.2, 0.25) is 0 Å². The van der Waals surface area contributed by atoms with Gasteiger partial charge in [-0.15, -0.1) is 24.0 Å². The van der Waals surface area contributed by atoms with Gasteiger partial charge in [-0.3, -0.25) is 9.89 Å². The Labute approximate surface area is 198 Å². The number of benzene rings is 1. The molecular formula is C23H37IN4O2. The van der Waals surface area contributed by atoms with Gasteiger partial charge in [-0.05, 0) is 43.1 Å². The Balaban J connectivity index is 0.00000450. The molecule has 2 N–H and O–H groups in total. The SMILES string of the molecule is CCCCOCCCNC(=NC)NCc1ccccc1CN(C)Cc1ccco1.I. The summed E-state index contributed by atoms with van der Waals surface area (Å²) in [6.07, 6.45) is 5.00. The number of hydrogen-bond donors (Lipinski definition) is 2. The minimum atomic E-state index is 0. The molecule has 30 heavy (non-hydrogen) atoms. The van der Waals surface area contributed by atoms with Crippen LogP contribution in [0.1, 0.15) is 43.1 Å². The quantitative estimate of drug-likeness (QED) is 0.175. The normalized spacial score (nSPS) is 11.4. The zero-order valence-electron chi connectivity index (χ0n) is 18.5. The molecule has 168 valence electrons. The van der Waals surface area contributed by atoms with Gasteiger partial charge in [0.05, 0.1) is 12.8 Å². The zero-order chi connectivity index (χ0) is 20.7. The highest BCUT2D eigenvalue weighted by Crippen LogP contribution is 2.13. The molecule has 0 saturated carbocycles. The minimum Gasteiger partial charge on any atom is -0.468 e. The molecule has 0 unspecified atom stereocenters. The molecule has 0 aliphatic rings. The standard InChI is InChI=1S/C23H36N4O2.HI/c1-4-5-14-28-15-9-13-25-23(24-2)26-17-20-10-6-7-11-21(20)18-27(3)19-22-12-8-16-29-22;/h6-8,10-12,16H,4-5,9,13-15,17-19H2,1-3H3,(H2,24,25,26);1H. The predicted molar refractivity (Wildman–Crippen MR) is 134 cm³/mol. The maximum atomic E-state index is 5.60. The third-order valence-electron chi connectivity index (χ3n) is 4.63. The second-order valence-corrected chi connectivity index (χ2v) is 7.19. The van der Waals surface area contributed by atoms with Crippen LogP contribution >= 0.6 is 24.0 Å². The van der Waals surface area contributed by atoms with E-state index in [9.17, 15) is 0 Å². The van der Waals surface area contributed by atoms with E-state index >= 15 is 0 Å². The number of nitrogens with one attached hydrogen (secondary N) is 2. The van der Waals surface area contributed by atoms with E-state index in [1.54, 1.807) is 13.3 Å². The van der Waals surface area contributed by atoms with Gasteiger partial charge >= 0.3 is 0 Å². The number of ether oxygens (including phenoxy) is 1. The van der Waals surface area contributed by atoms with Gasteiger partial charge in [-0.1, -0.05) is 37.6 Å². The Hall–Kier alpha value is -1.58. The number of unbranched alkanes of at least 4 members (excludes halogenated alkanes) is 1. The highest BCUT2D eigenvalue weighted by Gasteiger charge is 2.08. The van der Waals surface area contributed by atoms with Crippen molar-refractivity contribution < 1.29 is 9.15 Å². The summed E-state index contributed by atoms with van der Waals surface area (Å²) in [4.78, 5) is 6.57. The molecule has 0 atom stereocenters. The lowest BCUT2D eigenvalue weighted by molar-refractivity contribution is 0.129. The second kappa shape index (κ2) is 16.2. The van der Waals surface area contributed by atoms with Crippen LogP contribution in [0.15, 0.2) is 52.1 Å². The minimum absolute atomic E-state index is 0. The van der Waals surface area contributed by atoms with Gasteiger partial charge in [0.25, 0.3) is 0 Å². The Morgan fingerprint density at radius 2 is 1.80 bits per heavy atom. The Bertz CT molecular complexity index is 707. The molecule has 0 fully saturated rings. The van der Waals surface area contributed by atoms with Crippen LogP contribution in [0.3, 0.4) is 0 Å². The van der Waals surface area contributed by atoms with Gasteiger partial charge in [-0.25, -0.2) is 0 Å². The summed E-state index contributed by atoms with van der Waals surface area (Å²) >= 11 is 0. The van der Waals surface area contributed by atoms with Gasteiger partial charge in [-0.2, -0.15) is 0 Å². The number of aliphatic imine (C=N–C) groups is 1. The molecule has 0 spiro atoms. The van der Waals surface area contributed by atoms with Crippen molar-refractivity contribution in [2.45, 2.75) is 45.8 Å². The zero-order valence-corrected chi connectivity index (χ0v) is 20.9. The summed E-state index contributed by atoms with van der Waals surface area (Å²) in [7, 11) is 3.91. The van der Waals surface area contributed by atoms with Gasteiger partial charge < -0.3 is 19.8 Å². The summed E-state index contributed by atoms with van der Waals surface area (Å²) < 4.78 is 11.0. The van der Waals surface area contributed by atoms with E-state index in [1.165, 1.54) is 17.5 Å². The van der Waals surface area contributed by atoms with Crippen LogP contribution < -0.4 is 10.6 Å². The van der Waals surface area contributed by atoms with Gasteiger partial charge in [0, 0.05) is 39.9 Å². The van der Waals surface area contributed by atoms with E-state index < -0.39 is 0 Å². The highest BCUT2D eigenvalue weighted by molar-refractivity contribution is 14.0. The van der Waals surface area contributed by atoms with E-state index in [2.05, 4.69) is 58.8 Å². The van der Waals surface area contributed by atoms with E-state index in [0.717, 1.165) is 64.0 Å². The smallest absolute Gasteiger partial charge is 0.191 e. The molecule has 1 heterocycles. The summed E-state index contributed by atoms with van der Waals surface area (Å²) in [5.74, 6) is 1.80. The van der Waals surface area contributed by atoms with Crippen LogP contribution in [-0.4, -0.2) is 44.7 Å². The molecule has 0 saturated heterocycles. The topological polar surface area (TPSA) is 62.0 Å². The Morgan fingerprint density at radius 1 is 1.03 bits per heavy atom. The van der Waals surface area contributed by atoms with Crippen molar-refractivity contribution in [3.63, 3.8) is 0 Å². The maximum absolute atomic E-state index is 5.60. The first-order chi connectivity index (χ1) is 14.2. The fourth-order valence-electron chi connectivity index (χ4n) is 3.03. The number of nitrogens with zero attached hydrogens (tertiary/aromatic N) is 2. The number of guanidine groups is 1. The van der Waals surface area contributed by atoms with Crippen molar-refractivity contribution in [2.75, 3.05) is 33.9 Å². The maximum Gasteiger partial charge on any atom is 0.191 e. The van der Waals surface area contributed by atoms with E-state index in [-0.39, 0.29) is 24.0 Å². The van der Waals surface area contributed by atoms with Crippen molar-refractivity contribution >= 4 is 29.9 Å². The molecular weight excluding hydrogens is 491 g/mol. The lowest BCUT2D eigenvalue weighted by Crippen LogP contribution is -2.37. The van der Waals surface area contributed by atoms with Crippen molar-refractivity contribution in [2.24, 2.45) is 4.99 Å². The molecule has 0 aliphatic heterocycles.